The second kappa shape index (κ2) is 10.0. The summed E-state index contributed by atoms with van der Waals surface area (Å²) in [7, 11) is 0. The van der Waals surface area contributed by atoms with Crippen molar-refractivity contribution < 1.29 is 14.1 Å². The molecular formula is C24H26N4O3. The lowest BCUT2D eigenvalue weighted by Crippen LogP contribution is -2.33. The number of likely N-dealkylation sites (tertiary alicyclic amines) is 1. The first kappa shape index (κ1) is 20.8. The van der Waals surface area contributed by atoms with Crippen LogP contribution in [0.2, 0.25) is 0 Å². The predicted octanol–water partition coefficient (Wildman–Crippen LogP) is 4.41. The van der Waals surface area contributed by atoms with Gasteiger partial charge in [0.1, 0.15) is 5.69 Å². The molecule has 0 aliphatic carbocycles. The molecule has 2 amide bonds. The molecule has 0 atom stereocenters. The molecule has 1 saturated heterocycles. The Morgan fingerprint density at radius 1 is 0.871 bits per heavy atom. The molecule has 160 valence electrons. The van der Waals surface area contributed by atoms with Crippen molar-refractivity contribution in [3.8, 4) is 11.3 Å². The number of aromatic nitrogens is 1. The fourth-order valence-electron chi connectivity index (χ4n) is 3.69. The van der Waals surface area contributed by atoms with Crippen LogP contribution in [0.15, 0.2) is 65.2 Å². The molecule has 4 rings (SSSR count). The SMILES string of the molecule is O=C(CN1CCCCCC1)Nc1cccc(NC(=O)c2cc(-c3ccccc3)no2)c1. The van der Waals surface area contributed by atoms with E-state index in [9.17, 15) is 9.59 Å². The van der Waals surface area contributed by atoms with Crippen molar-refractivity contribution in [2.75, 3.05) is 30.3 Å². The second-order valence-corrected chi connectivity index (χ2v) is 7.72. The van der Waals surface area contributed by atoms with Crippen LogP contribution in [0.3, 0.4) is 0 Å². The highest BCUT2D eigenvalue weighted by atomic mass is 16.5. The van der Waals surface area contributed by atoms with E-state index in [1.807, 2.05) is 30.3 Å². The molecule has 1 aliphatic heterocycles. The Balaban J connectivity index is 1.35. The molecule has 31 heavy (non-hydrogen) atoms. The van der Waals surface area contributed by atoms with E-state index in [-0.39, 0.29) is 11.7 Å². The van der Waals surface area contributed by atoms with Crippen molar-refractivity contribution in [1.82, 2.24) is 10.1 Å². The van der Waals surface area contributed by atoms with E-state index >= 15 is 0 Å². The summed E-state index contributed by atoms with van der Waals surface area (Å²) in [5, 5.41) is 9.68. The Morgan fingerprint density at radius 3 is 2.32 bits per heavy atom. The molecule has 0 bridgehead atoms. The molecule has 1 aromatic heterocycles. The van der Waals surface area contributed by atoms with Gasteiger partial charge in [-0.05, 0) is 44.1 Å². The zero-order valence-electron chi connectivity index (χ0n) is 17.3. The van der Waals surface area contributed by atoms with Gasteiger partial charge < -0.3 is 15.2 Å². The van der Waals surface area contributed by atoms with Gasteiger partial charge in [0.2, 0.25) is 11.7 Å². The van der Waals surface area contributed by atoms with E-state index in [1.54, 1.807) is 30.3 Å². The predicted molar refractivity (Wildman–Crippen MR) is 120 cm³/mol. The van der Waals surface area contributed by atoms with Gasteiger partial charge in [0.05, 0.1) is 6.54 Å². The smallest absolute Gasteiger partial charge is 0.294 e. The van der Waals surface area contributed by atoms with Crippen LogP contribution in [0.4, 0.5) is 11.4 Å². The highest BCUT2D eigenvalue weighted by Gasteiger charge is 2.16. The molecule has 7 heteroatoms. The molecular weight excluding hydrogens is 392 g/mol. The van der Waals surface area contributed by atoms with Gasteiger partial charge in [-0.2, -0.15) is 0 Å². The van der Waals surface area contributed by atoms with E-state index in [1.165, 1.54) is 12.8 Å². The fourth-order valence-corrected chi connectivity index (χ4v) is 3.69. The molecule has 2 heterocycles. The molecule has 3 aromatic rings. The molecule has 0 spiro atoms. The number of amides is 2. The zero-order chi connectivity index (χ0) is 21.5. The lowest BCUT2D eigenvalue weighted by Gasteiger charge is -2.19. The Labute approximate surface area is 181 Å². The summed E-state index contributed by atoms with van der Waals surface area (Å²) in [6.45, 7) is 2.31. The Bertz CT molecular complexity index is 1020. The van der Waals surface area contributed by atoms with Gasteiger partial charge in [0.25, 0.3) is 5.91 Å². The fraction of sp³-hybridized carbons (Fsp3) is 0.292. The lowest BCUT2D eigenvalue weighted by atomic mass is 10.1. The van der Waals surface area contributed by atoms with Crippen molar-refractivity contribution >= 4 is 23.2 Å². The highest BCUT2D eigenvalue weighted by Crippen LogP contribution is 2.20. The van der Waals surface area contributed by atoms with E-state index in [4.69, 9.17) is 4.52 Å². The van der Waals surface area contributed by atoms with Crippen molar-refractivity contribution in [3.63, 3.8) is 0 Å². The summed E-state index contributed by atoms with van der Waals surface area (Å²) in [5.41, 5.74) is 2.68. The summed E-state index contributed by atoms with van der Waals surface area (Å²) in [5.74, 6) is -0.328. The normalized spacial score (nSPS) is 14.6. The molecule has 0 unspecified atom stereocenters. The molecule has 2 N–H and O–H groups in total. The third-order valence-corrected chi connectivity index (χ3v) is 5.27. The molecule has 2 aromatic carbocycles. The Kier molecular flexibility index (Phi) is 6.74. The number of carbonyl (C=O) groups is 2. The summed E-state index contributed by atoms with van der Waals surface area (Å²) in [6.07, 6.45) is 4.75. The van der Waals surface area contributed by atoms with Crippen LogP contribution in [-0.4, -0.2) is 41.5 Å². The Hall–Kier alpha value is -3.45. The van der Waals surface area contributed by atoms with E-state index in [2.05, 4.69) is 20.7 Å². The summed E-state index contributed by atoms with van der Waals surface area (Å²) >= 11 is 0. The Morgan fingerprint density at radius 2 is 1.58 bits per heavy atom. The van der Waals surface area contributed by atoms with Gasteiger partial charge in [-0.15, -0.1) is 0 Å². The lowest BCUT2D eigenvalue weighted by molar-refractivity contribution is -0.117. The second-order valence-electron chi connectivity index (χ2n) is 7.72. The first-order chi connectivity index (χ1) is 15.2. The summed E-state index contributed by atoms with van der Waals surface area (Å²) < 4.78 is 5.21. The average molecular weight is 418 g/mol. The molecule has 1 fully saturated rings. The van der Waals surface area contributed by atoms with Gasteiger partial charge in [-0.3, -0.25) is 14.5 Å². The number of carbonyl (C=O) groups excluding carboxylic acids is 2. The minimum absolute atomic E-state index is 0.0480. The van der Waals surface area contributed by atoms with Gasteiger partial charge in [0, 0.05) is 23.0 Å². The van der Waals surface area contributed by atoms with Crippen molar-refractivity contribution in [2.45, 2.75) is 25.7 Å². The van der Waals surface area contributed by atoms with Crippen LogP contribution in [0.5, 0.6) is 0 Å². The number of hydrogen-bond acceptors (Lipinski definition) is 5. The molecule has 0 saturated carbocycles. The van der Waals surface area contributed by atoms with Crippen molar-refractivity contribution in [1.29, 1.82) is 0 Å². The van der Waals surface area contributed by atoms with E-state index < -0.39 is 5.91 Å². The number of anilines is 2. The minimum Gasteiger partial charge on any atom is -0.350 e. The van der Waals surface area contributed by atoms with Gasteiger partial charge in [-0.1, -0.05) is 54.4 Å². The van der Waals surface area contributed by atoms with Crippen LogP contribution in [0.1, 0.15) is 36.2 Å². The van der Waals surface area contributed by atoms with E-state index in [0.29, 0.717) is 23.6 Å². The minimum atomic E-state index is -0.400. The van der Waals surface area contributed by atoms with Gasteiger partial charge in [-0.25, -0.2) is 0 Å². The number of rotatable bonds is 6. The number of nitrogens with zero attached hydrogens (tertiary/aromatic N) is 2. The van der Waals surface area contributed by atoms with E-state index in [0.717, 1.165) is 31.5 Å². The number of benzene rings is 2. The summed E-state index contributed by atoms with van der Waals surface area (Å²) in [4.78, 5) is 27.2. The number of nitrogens with one attached hydrogen (secondary N) is 2. The third-order valence-electron chi connectivity index (χ3n) is 5.27. The van der Waals surface area contributed by atoms with Crippen LogP contribution < -0.4 is 10.6 Å². The van der Waals surface area contributed by atoms with Crippen molar-refractivity contribution in [3.05, 3.63) is 66.4 Å². The maximum Gasteiger partial charge on any atom is 0.294 e. The van der Waals surface area contributed by atoms with Gasteiger partial charge in [0.15, 0.2) is 0 Å². The number of hydrogen-bond donors (Lipinski definition) is 2. The summed E-state index contributed by atoms with van der Waals surface area (Å²) in [6, 6.07) is 18.2. The van der Waals surface area contributed by atoms with Gasteiger partial charge >= 0.3 is 0 Å². The van der Waals surface area contributed by atoms with Crippen LogP contribution in [-0.2, 0) is 4.79 Å². The molecule has 7 nitrogen and oxygen atoms in total. The monoisotopic (exact) mass is 418 g/mol. The maximum atomic E-state index is 12.5. The average Bonchev–Trinajstić information content (AvgIpc) is 3.14. The quantitative estimate of drug-likeness (QED) is 0.619. The first-order valence-electron chi connectivity index (χ1n) is 10.6. The largest absolute Gasteiger partial charge is 0.350 e. The van der Waals surface area contributed by atoms with Crippen LogP contribution in [0, 0.1) is 0 Å². The van der Waals surface area contributed by atoms with Crippen LogP contribution in [0.25, 0.3) is 11.3 Å². The van der Waals surface area contributed by atoms with Crippen molar-refractivity contribution in [2.24, 2.45) is 0 Å². The van der Waals surface area contributed by atoms with Crippen LogP contribution >= 0.6 is 0 Å². The third kappa shape index (κ3) is 5.79. The topological polar surface area (TPSA) is 87.5 Å². The standard InChI is InChI=1S/C24H26N4O3/c29-23(17-28-13-6-1-2-7-14-28)25-19-11-8-12-20(15-19)26-24(30)22-16-21(27-31-22)18-9-4-3-5-10-18/h3-5,8-12,15-16H,1-2,6-7,13-14,17H2,(H,25,29)(H,26,30). The highest BCUT2D eigenvalue weighted by molar-refractivity contribution is 6.03. The first-order valence-corrected chi connectivity index (χ1v) is 10.6. The molecule has 0 radical (unpaired) electrons. The maximum absolute atomic E-state index is 12.5. The zero-order valence-corrected chi connectivity index (χ0v) is 17.3. The molecule has 1 aliphatic rings.